The molecule has 82 valence electrons. The number of aromatic nitrogens is 3. The van der Waals surface area contributed by atoms with Crippen LogP contribution in [0.4, 0.5) is 5.82 Å². The lowest BCUT2D eigenvalue weighted by atomic mass is 10.1. The van der Waals surface area contributed by atoms with Crippen molar-refractivity contribution in [2.24, 2.45) is 7.05 Å². The molecule has 0 aliphatic heterocycles. The van der Waals surface area contributed by atoms with Gasteiger partial charge in [0.15, 0.2) is 0 Å². The number of pyridine rings is 1. The van der Waals surface area contributed by atoms with Crippen LogP contribution in [0.5, 0.6) is 0 Å². The molecule has 1 N–H and O–H groups in total. The van der Waals surface area contributed by atoms with Gasteiger partial charge in [-0.15, -0.1) is 0 Å². The minimum absolute atomic E-state index is 0.833. The van der Waals surface area contributed by atoms with Crippen molar-refractivity contribution < 1.29 is 0 Å². The summed E-state index contributed by atoms with van der Waals surface area (Å²) in [6.07, 6.45) is 9.39. The second-order valence-electron chi connectivity index (χ2n) is 3.48. The van der Waals surface area contributed by atoms with E-state index in [0.29, 0.717) is 0 Å². The highest BCUT2D eigenvalue weighted by molar-refractivity contribution is 5.65. The highest BCUT2D eigenvalue weighted by atomic mass is 15.2. The minimum Gasteiger partial charge on any atom is -0.347 e. The molecule has 4 heteroatoms. The number of nitrogens with one attached hydrogen (secondary N) is 1. The van der Waals surface area contributed by atoms with Crippen LogP contribution < -0.4 is 5.32 Å². The monoisotopic (exact) mass is 214 g/mol. The van der Waals surface area contributed by atoms with Gasteiger partial charge in [0.05, 0.1) is 6.20 Å². The molecule has 2 aromatic heterocycles. The van der Waals surface area contributed by atoms with Crippen molar-refractivity contribution in [3.8, 4) is 11.1 Å². The molecule has 0 unspecified atom stereocenters. The lowest BCUT2D eigenvalue weighted by Gasteiger charge is -2.01. The van der Waals surface area contributed by atoms with Crippen LogP contribution in [0, 0.1) is 0 Å². The smallest absolute Gasteiger partial charge is 0.130 e. The molecule has 16 heavy (non-hydrogen) atoms. The Labute approximate surface area is 94.6 Å². The maximum atomic E-state index is 4.22. The molecule has 2 heterocycles. The van der Waals surface area contributed by atoms with E-state index in [2.05, 4.69) is 15.4 Å². The summed E-state index contributed by atoms with van der Waals surface area (Å²) in [4.78, 5) is 4.22. The average Bonchev–Trinajstić information content (AvgIpc) is 2.74. The highest BCUT2D eigenvalue weighted by Crippen LogP contribution is 2.20. The van der Waals surface area contributed by atoms with Gasteiger partial charge in [0.2, 0.25) is 0 Å². The van der Waals surface area contributed by atoms with Crippen LogP contribution in [0.2, 0.25) is 0 Å². The maximum absolute atomic E-state index is 4.22. The Kier molecular flexibility index (Phi) is 3.00. The van der Waals surface area contributed by atoms with Gasteiger partial charge in [0.25, 0.3) is 0 Å². The van der Waals surface area contributed by atoms with Gasteiger partial charge in [0.1, 0.15) is 5.82 Å². The van der Waals surface area contributed by atoms with Crippen LogP contribution >= 0.6 is 0 Å². The minimum atomic E-state index is 0.833. The number of nitrogens with zero attached hydrogens (tertiary/aromatic N) is 3. The second kappa shape index (κ2) is 4.61. The quantitative estimate of drug-likeness (QED) is 0.853. The predicted octanol–water partition coefficient (Wildman–Crippen LogP) is 2.43. The van der Waals surface area contributed by atoms with Crippen molar-refractivity contribution in [1.29, 1.82) is 0 Å². The third-order valence-corrected chi connectivity index (χ3v) is 2.20. The van der Waals surface area contributed by atoms with E-state index in [4.69, 9.17) is 0 Å². The Morgan fingerprint density at radius 3 is 2.94 bits per heavy atom. The third kappa shape index (κ3) is 2.28. The first kappa shape index (κ1) is 10.4. The molecular formula is C12H14N4. The van der Waals surface area contributed by atoms with E-state index in [1.165, 1.54) is 0 Å². The van der Waals surface area contributed by atoms with Gasteiger partial charge >= 0.3 is 0 Å². The zero-order chi connectivity index (χ0) is 11.4. The fraction of sp³-hybridized carbons (Fsp3) is 0.167. The van der Waals surface area contributed by atoms with Gasteiger partial charge < -0.3 is 5.32 Å². The van der Waals surface area contributed by atoms with Crippen LogP contribution in [-0.2, 0) is 7.05 Å². The van der Waals surface area contributed by atoms with E-state index in [-0.39, 0.29) is 0 Å². The molecule has 0 saturated heterocycles. The third-order valence-electron chi connectivity index (χ3n) is 2.20. The van der Waals surface area contributed by atoms with Gasteiger partial charge in [0, 0.05) is 25.0 Å². The molecule has 0 atom stereocenters. The molecule has 0 spiro atoms. The van der Waals surface area contributed by atoms with E-state index >= 15 is 0 Å². The lowest BCUT2D eigenvalue weighted by Crippen LogP contribution is -1.90. The molecule has 4 nitrogen and oxygen atoms in total. The van der Waals surface area contributed by atoms with Crippen LogP contribution in [0.3, 0.4) is 0 Å². The first-order valence-electron chi connectivity index (χ1n) is 5.12. The standard InChI is InChI=1S/C12H14N4/c1-3-5-13-12-7-10(4-6-14-12)11-8-15-16(2)9-11/h3-9H,1-2H3,(H,13,14)/b5-3-. The number of hydrogen-bond donors (Lipinski definition) is 1. The van der Waals surface area contributed by atoms with Crippen molar-refractivity contribution in [2.45, 2.75) is 6.92 Å². The van der Waals surface area contributed by atoms with Gasteiger partial charge in [-0.1, -0.05) is 6.08 Å². The zero-order valence-corrected chi connectivity index (χ0v) is 9.38. The second-order valence-corrected chi connectivity index (χ2v) is 3.48. The lowest BCUT2D eigenvalue weighted by molar-refractivity contribution is 0.768. The Bertz CT molecular complexity index is 499. The molecule has 0 fully saturated rings. The first-order chi connectivity index (χ1) is 7.79. The number of allylic oxidation sites excluding steroid dienone is 1. The molecule has 2 aromatic rings. The summed E-state index contributed by atoms with van der Waals surface area (Å²) in [6, 6.07) is 3.97. The van der Waals surface area contributed by atoms with Crippen LogP contribution in [0.25, 0.3) is 11.1 Å². The maximum Gasteiger partial charge on any atom is 0.130 e. The molecule has 0 amide bonds. The van der Waals surface area contributed by atoms with Crippen LogP contribution in [0.1, 0.15) is 6.92 Å². The Balaban J connectivity index is 2.28. The van der Waals surface area contributed by atoms with E-state index < -0.39 is 0 Å². The van der Waals surface area contributed by atoms with Crippen molar-refractivity contribution in [2.75, 3.05) is 5.32 Å². The Hall–Kier alpha value is -2.10. The van der Waals surface area contributed by atoms with Gasteiger partial charge in [-0.2, -0.15) is 5.10 Å². The molecule has 0 aliphatic carbocycles. The van der Waals surface area contributed by atoms with E-state index in [1.807, 2.05) is 50.8 Å². The summed E-state index contributed by atoms with van der Waals surface area (Å²) in [5.41, 5.74) is 2.20. The normalized spacial score (nSPS) is 10.9. The van der Waals surface area contributed by atoms with E-state index in [1.54, 1.807) is 10.9 Å². The summed E-state index contributed by atoms with van der Waals surface area (Å²) in [5.74, 6) is 0.833. The fourth-order valence-electron chi connectivity index (χ4n) is 1.43. The van der Waals surface area contributed by atoms with E-state index in [9.17, 15) is 0 Å². The zero-order valence-electron chi connectivity index (χ0n) is 9.38. The number of aryl methyl sites for hydroxylation is 1. The van der Waals surface area contributed by atoms with Gasteiger partial charge in [-0.3, -0.25) is 4.68 Å². The topological polar surface area (TPSA) is 42.7 Å². The van der Waals surface area contributed by atoms with Crippen molar-refractivity contribution in [3.63, 3.8) is 0 Å². The summed E-state index contributed by atoms with van der Waals surface area (Å²) >= 11 is 0. The van der Waals surface area contributed by atoms with Crippen LogP contribution in [-0.4, -0.2) is 14.8 Å². The van der Waals surface area contributed by atoms with Crippen molar-refractivity contribution in [3.05, 3.63) is 43.0 Å². The summed E-state index contributed by atoms with van der Waals surface area (Å²) in [7, 11) is 1.91. The van der Waals surface area contributed by atoms with Crippen molar-refractivity contribution in [1.82, 2.24) is 14.8 Å². The number of rotatable bonds is 3. The summed E-state index contributed by atoms with van der Waals surface area (Å²) in [6.45, 7) is 1.96. The molecule has 0 radical (unpaired) electrons. The first-order valence-corrected chi connectivity index (χ1v) is 5.12. The SMILES string of the molecule is C/C=C\Nc1cc(-c2cnn(C)c2)ccn1. The Morgan fingerprint density at radius 2 is 2.25 bits per heavy atom. The molecular weight excluding hydrogens is 200 g/mol. The molecule has 0 aliphatic rings. The fourth-order valence-corrected chi connectivity index (χ4v) is 1.43. The summed E-state index contributed by atoms with van der Waals surface area (Å²) < 4.78 is 1.79. The van der Waals surface area contributed by atoms with E-state index in [0.717, 1.165) is 16.9 Å². The average molecular weight is 214 g/mol. The molecule has 0 aromatic carbocycles. The number of anilines is 1. The van der Waals surface area contributed by atoms with Gasteiger partial charge in [-0.25, -0.2) is 4.98 Å². The molecule has 2 rings (SSSR count). The number of hydrogen-bond acceptors (Lipinski definition) is 3. The Morgan fingerprint density at radius 1 is 1.38 bits per heavy atom. The molecule has 0 bridgehead atoms. The molecule has 0 saturated carbocycles. The summed E-state index contributed by atoms with van der Waals surface area (Å²) in [5, 5.41) is 7.24. The highest BCUT2D eigenvalue weighted by Gasteiger charge is 2.01. The van der Waals surface area contributed by atoms with Crippen LogP contribution in [0.15, 0.2) is 43.0 Å². The van der Waals surface area contributed by atoms with Gasteiger partial charge in [-0.05, 0) is 30.8 Å². The van der Waals surface area contributed by atoms with Crippen molar-refractivity contribution >= 4 is 5.82 Å². The largest absolute Gasteiger partial charge is 0.347 e. The predicted molar refractivity (Wildman–Crippen MR) is 64.9 cm³/mol.